The highest BCUT2D eigenvalue weighted by atomic mass is 32.2. The van der Waals surface area contributed by atoms with E-state index in [4.69, 9.17) is 0 Å². The van der Waals surface area contributed by atoms with Crippen LogP contribution >= 0.6 is 23.1 Å². The van der Waals surface area contributed by atoms with E-state index in [1.807, 2.05) is 60.7 Å². The smallest absolute Gasteiger partial charge is 0.231 e. The second-order valence-corrected chi connectivity index (χ2v) is 8.44. The van der Waals surface area contributed by atoms with E-state index >= 15 is 0 Å². The van der Waals surface area contributed by atoms with E-state index in [2.05, 4.69) is 15.5 Å². The molecule has 1 fully saturated rings. The minimum absolute atomic E-state index is 0.0384. The molecule has 0 bridgehead atoms. The van der Waals surface area contributed by atoms with E-state index in [0.29, 0.717) is 17.4 Å². The summed E-state index contributed by atoms with van der Waals surface area (Å²) in [6.45, 7) is 0.379. The van der Waals surface area contributed by atoms with Crippen LogP contribution in [0.25, 0.3) is 0 Å². The molecule has 8 heteroatoms. The molecule has 0 saturated carbocycles. The summed E-state index contributed by atoms with van der Waals surface area (Å²) in [4.78, 5) is 27.7. The number of benzene rings is 2. The van der Waals surface area contributed by atoms with Crippen LogP contribution in [0.3, 0.4) is 0 Å². The molecule has 1 N–H and O–H groups in total. The highest BCUT2D eigenvalue weighted by Crippen LogP contribution is 2.28. The van der Waals surface area contributed by atoms with Crippen LogP contribution in [0, 0.1) is 5.92 Å². The van der Waals surface area contributed by atoms with Crippen LogP contribution in [0.2, 0.25) is 0 Å². The fourth-order valence-corrected chi connectivity index (χ4v) is 4.62. The van der Waals surface area contributed by atoms with Crippen molar-refractivity contribution in [2.45, 2.75) is 17.1 Å². The second-order valence-electron chi connectivity index (χ2n) is 6.33. The molecule has 2 heterocycles. The van der Waals surface area contributed by atoms with Crippen LogP contribution in [0.15, 0.2) is 65.6 Å². The monoisotopic (exact) mass is 410 g/mol. The Morgan fingerprint density at radius 1 is 1.11 bits per heavy atom. The summed E-state index contributed by atoms with van der Waals surface area (Å²) >= 11 is 3.04. The summed E-state index contributed by atoms with van der Waals surface area (Å²) in [5, 5.41) is 12.3. The Morgan fingerprint density at radius 3 is 2.57 bits per heavy atom. The Kier molecular flexibility index (Phi) is 5.68. The van der Waals surface area contributed by atoms with Gasteiger partial charge in [-0.2, -0.15) is 0 Å². The third kappa shape index (κ3) is 4.40. The van der Waals surface area contributed by atoms with Gasteiger partial charge in [-0.1, -0.05) is 47.7 Å². The second kappa shape index (κ2) is 8.53. The van der Waals surface area contributed by atoms with Gasteiger partial charge in [-0.15, -0.1) is 22.0 Å². The van der Waals surface area contributed by atoms with E-state index in [9.17, 15) is 9.59 Å². The molecule has 0 radical (unpaired) electrons. The van der Waals surface area contributed by atoms with E-state index in [0.717, 1.165) is 15.6 Å². The molecule has 142 valence electrons. The summed E-state index contributed by atoms with van der Waals surface area (Å²) in [6, 6.07) is 19.5. The van der Waals surface area contributed by atoms with Crippen molar-refractivity contribution in [2.75, 3.05) is 16.8 Å². The quantitative estimate of drug-likeness (QED) is 0.625. The van der Waals surface area contributed by atoms with Gasteiger partial charge in [-0.25, -0.2) is 0 Å². The number of rotatable bonds is 6. The first-order valence-corrected chi connectivity index (χ1v) is 10.7. The van der Waals surface area contributed by atoms with Crippen molar-refractivity contribution in [1.29, 1.82) is 0 Å². The Morgan fingerprint density at radius 2 is 1.82 bits per heavy atom. The van der Waals surface area contributed by atoms with E-state index in [1.165, 1.54) is 11.3 Å². The zero-order valence-electron chi connectivity index (χ0n) is 14.9. The van der Waals surface area contributed by atoms with Crippen LogP contribution in [-0.4, -0.2) is 28.6 Å². The third-order valence-electron chi connectivity index (χ3n) is 4.37. The van der Waals surface area contributed by atoms with Crippen molar-refractivity contribution >= 4 is 45.7 Å². The minimum atomic E-state index is -0.390. The molecule has 0 aliphatic carbocycles. The standard InChI is InChI=1S/C20H18N4O2S2/c25-18-11-14(12-24(18)15-7-3-1-4-8-15)19(26)21-20-23-22-17(28-20)13-27-16-9-5-2-6-10-16/h1-10,14H,11-13H2,(H,21,23,26)/t14-/m0/s1. The fraction of sp³-hybridized carbons (Fsp3) is 0.200. The number of para-hydroxylation sites is 1. The van der Waals surface area contributed by atoms with Gasteiger partial charge in [0.2, 0.25) is 16.9 Å². The molecular formula is C20H18N4O2S2. The Balaban J connectivity index is 1.33. The first-order chi connectivity index (χ1) is 13.7. The van der Waals surface area contributed by atoms with E-state index in [-0.39, 0.29) is 18.2 Å². The topological polar surface area (TPSA) is 75.2 Å². The molecule has 4 rings (SSSR count). The van der Waals surface area contributed by atoms with Crippen LogP contribution in [0.5, 0.6) is 0 Å². The maximum atomic E-state index is 12.6. The van der Waals surface area contributed by atoms with Gasteiger partial charge < -0.3 is 10.2 Å². The molecule has 2 amide bonds. The van der Waals surface area contributed by atoms with E-state index < -0.39 is 5.92 Å². The number of hydrogen-bond donors (Lipinski definition) is 1. The van der Waals surface area contributed by atoms with Crippen LogP contribution in [-0.2, 0) is 15.3 Å². The lowest BCUT2D eigenvalue weighted by molar-refractivity contribution is -0.122. The zero-order chi connectivity index (χ0) is 19.3. The number of hydrogen-bond acceptors (Lipinski definition) is 6. The molecule has 0 unspecified atom stereocenters. The minimum Gasteiger partial charge on any atom is -0.312 e. The molecule has 1 saturated heterocycles. The molecule has 1 atom stereocenters. The van der Waals surface area contributed by atoms with Crippen molar-refractivity contribution in [2.24, 2.45) is 5.92 Å². The van der Waals surface area contributed by atoms with Crippen LogP contribution in [0.4, 0.5) is 10.8 Å². The average molecular weight is 411 g/mol. The van der Waals surface area contributed by atoms with Gasteiger partial charge in [0.1, 0.15) is 5.01 Å². The van der Waals surface area contributed by atoms with Gasteiger partial charge in [0.15, 0.2) is 0 Å². The molecule has 1 aromatic heterocycles. The number of amides is 2. The molecule has 0 spiro atoms. The molecule has 2 aromatic carbocycles. The van der Waals surface area contributed by atoms with Crippen molar-refractivity contribution in [3.8, 4) is 0 Å². The van der Waals surface area contributed by atoms with Gasteiger partial charge in [-0.3, -0.25) is 9.59 Å². The zero-order valence-corrected chi connectivity index (χ0v) is 16.6. The van der Waals surface area contributed by atoms with Gasteiger partial charge in [0.05, 0.1) is 11.7 Å². The fourth-order valence-electron chi connectivity index (χ4n) is 2.97. The molecule has 1 aliphatic heterocycles. The molecular weight excluding hydrogens is 392 g/mol. The summed E-state index contributed by atoms with van der Waals surface area (Å²) in [6.07, 6.45) is 0.205. The summed E-state index contributed by atoms with van der Waals surface area (Å²) in [7, 11) is 0. The summed E-state index contributed by atoms with van der Waals surface area (Å²) < 4.78 is 0. The van der Waals surface area contributed by atoms with Gasteiger partial charge in [0.25, 0.3) is 0 Å². The number of aromatic nitrogens is 2. The Labute approximate surface area is 171 Å². The summed E-state index contributed by atoms with van der Waals surface area (Å²) in [5.41, 5.74) is 0.818. The van der Waals surface area contributed by atoms with E-state index in [1.54, 1.807) is 16.7 Å². The Bertz CT molecular complexity index is 963. The molecule has 1 aliphatic rings. The number of nitrogens with one attached hydrogen (secondary N) is 1. The number of thioether (sulfide) groups is 1. The van der Waals surface area contributed by atoms with Crippen molar-refractivity contribution in [3.63, 3.8) is 0 Å². The van der Waals surface area contributed by atoms with Gasteiger partial charge in [-0.05, 0) is 24.3 Å². The highest BCUT2D eigenvalue weighted by molar-refractivity contribution is 7.98. The normalized spacial score (nSPS) is 16.4. The number of carbonyl (C=O) groups is 2. The van der Waals surface area contributed by atoms with Gasteiger partial charge >= 0.3 is 0 Å². The average Bonchev–Trinajstić information content (AvgIpc) is 3.34. The predicted octanol–water partition coefficient (Wildman–Crippen LogP) is 3.82. The van der Waals surface area contributed by atoms with Crippen molar-refractivity contribution in [1.82, 2.24) is 10.2 Å². The van der Waals surface area contributed by atoms with Crippen LogP contribution in [0.1, 0.15) is 11.4 Å². The molecule has 6 nitrogen and oxygen atoms in total. The van der Waals surface area contributed by atoms with Crippen molar-refractivity contribution < 1.29 is 9.59 Å². The van der Waals surface area contributed by atoms with Crippen LogP contribution < -0.4 is 10.2 Å². The lowest BCUT2D eigenvalue weighted by atomic mass is 10.1. The number of anilines is 2. The first kappa shape index (κ1) is 18.6. The lowest BCUT2D eigenvalue weighted by Crippen LogP contribution is -2.28. The lowest BCUT2D eigenvalue weighted by Gasteiger charge is -2.16. The maximum absolute atomic E-state index is 12.6. The van der Waals surface area contributed by atoms with Crippen molar-refractivity contribution in [3.05, 3.63) is 65.7 Å². The number of nitrogens with zero attached hydrogens (tertiary/aromatic N) is 3. The third-order valence-corrected chi connectivity index (χ3v) is 6.41. The number of carbonyl (C=O) groups excluding carboxylic acids is 2. The molecule has 3 aromatic rings. The first-order valence-electron chi connectivity index (χ1n) is 8.85. The largest absolute Gasteiger partial charge is 0.312 e. The summed E-state index contributed by atoms with van der Waals surface area (Å²) in [5.74, 6) is 0.0776. The van der Waals surface area contributed by atoms with Gasteiger partial charge in [0, 0.05) is 23.5 Å². The highest BCUT2D eigenvalue weighted by Gasteiger charge is 2.35. The predicted molar refractivity (Wildman–Crippen MR) is 111 cm³/mol. The molecule has 28 heavy (non-hydrogen) atoms. The SMILES string of the molecule is O=C(Nc1nnc(CSc2ccccc2)s1)[C@H]1CC(=O)N(c2ccccc2)C1. The maximum Gasteiger partial charge on any atom is 0.231 e. The Hall–Kier alpha value is -2.71.